The van der Waals surface area contributed by atoms with E-state index in [1.165, 1.54) is 6.20 Å². The van der Waals surface area contributed by atoms with Crippen molar-refractivity contribution in [3.8, 4) is 0 Å². The van der Waals surface area contributed by atoms with Gasteiger partial charge in [-0.1, -0.05) is 29.3 Å². The van der Waals surface area contributed by atoms with Crippen molar-refractivity contribution in [2.24, 2.45) is 5.92 Å². The van der Waals surface area contributed by atoms with Crippen molar-refractivity contribution in [2.75, 3.05) is 16.8 Å². The van der Waals surface area contributed by atoms with Crippen LogP contribution in [0.15, 0.2) is 42.6 Å². The molecule has 0 aliphatic carbocycles. The summed E-state index contributed by atoms with van der Waals surface area (Å²) in [5.74, 6) is -0.206. The number of hydrogen-bond acceptors (Lipinski definition) is 3. The van der Waals surface area contributed by atoms with Crippen LogP contribution in [0.25, 0.3) is 0 Å². The van der Waals surface area contributed by atoms with E-state index in [9.17, 15) is 9.59 Å². The van der Waals surface area contributed by atoms with E-state index >= 15 is 0 Å². The third-order valence-corrected chi connectivity index (χ3v) is 4.04. The molecular formula is C17H16ClN3O2. The first-order valence-electron chi connectivity index (χ1n) is 7.32. The summed E-state index contributed by atoms with van der Waals surface area (Å²) in [6.45, 7) is 2.37. The van der Waals surface area contributed by atoms with Gasteiger partial charge in [0, 0.05) is 24.8 Å². The van der Waals surface area contributed by atoms with Crippen LogP contribution in [0.3, 0.4) is 0 Å². The largest absolute Gasteiger partial charge is 0.312 e. The summed E-state index contributed by atoms with van der Waals surface area (Å²) < 4.78 is 0. The number of benzene rings is 1. The molecule has 0 saturated carbocycles. The smallest absolute Gasteiger partial charge is 0.230 e. The van der Waals surface area contributed by atoms with Crippen molar-refractivity contribution in [3.63, 3.8) is 0 Å². The molecule has 1 saturated heterocycles. The van der Waals surface area contributed by atoms with Gasteiger partial charge in [-0.15, -0.1) is 0 Å². The second kappa shape index (κ2) is 6.38. The molecule has 0 spiro atoms. The Bertz CT molecular complexity index is 729. The lowest BCUT2D eigenvalue weighted by atomic mass is 10.1. The van der Waals surface area contributed by atoms with Gasteiger partial charge in [-0.2, -0.15) is 0 Å². The molecule has 0 bridgehead atoms. The highest BCUT2D eigenvalue weighted by Gasteiger charge is 2.35. The van der Waals surface area contributed by atoms with Crippen LogP contribution in [-0.2, 0) is 9.59 Å². The van der Waals surface area contributed by atoms with E-state index in [0.29, 0.717) is 17.4 Å². The van der Waals surface area contributed by atoms with Crippen LogP contribution in [0.5, 0.6) is 0 Å². The van der Waals surface area contributed by atoms with Crippen molar-refractivity contribution in [1.29, 1.82) is 0 Å². The zero-order valence-electron chi connectivity index (χ0n) is 12.6. The molecule has 3 rings (SSSR count). The SMILES string of the molecule is Cc1ccc(N2CC(C(=O)Nc3ccc(Cl)cn3)CC2=O)cc1. The number of aromatic nitrogens is 1. The van der Waals surface area contributed by atoms with Crippen molar-refractivity contribution < 1.29 is 9.59 Å². The number of aryl methyl sites for hydroxylation is 1. The van der Waals surface area contributed by atoms with Gasteiger partial charge in [0.05, 0.1) is 10.9 Å². The van der Waals surface area contributed by atoms with Crippen LogP contribution in [0, 0.1) is 12.8 Å². The fourth-order valence-corrected chi connectivity index (χ4v) is 2.65. The monoisotopic (exact) mass is 329 g/mol. The van der Waals surface area contributed by atoms with Crippen LogP contribution in [0.4, 0.5) is 11.5 Å². The Labute approximate surface area is 139 Å². The molecule has 1 aromatic heterocycles. The van der Waals surface area contributed by atoms with Gasteiger partial charge in [0.15, 0.2) is 0 Å². The number of anilines is 2. The topological polar surface area (TPSA) is 62.3 Å². The van der Waals surface area contributed by atoms with Gasteiger partial charge in [-0.25, -0.2) is 4.98 Å². The molecule has 1 fully saturated rings. The molecule has 1 unspecified atom stereocenters. The molecule has 1 N–H and O–H groups in total. The average Bonchev–Trinajstić information content (AvgIpc) is 2.92. The summed E-state index contributed by atoms with van der Waals surface area (Å²) in [6.07, 6.45) is 1.67. The molecular weight excluding hydrogens is 314 g/mol. The number of amides is 2. The Balaban J connectivity index is 1.68. The lowest BCUT2D eigenvalue weighted by molar-refractivity contribution is -0.122. The minimum atomic E-state index is -0.388. The van der Waals surface area contributed by atoms with Gasteiger partial charge in [-0.05, 0) is 31.2 Å². The molecule has 23 heavy (non-hydrogen) atoms. The maximum Gasteiger partial charge on any atom is 0.230 e. The van der Waals surface area contributed by atoms with Gasteiger partial charge >= 0.3 is 0 Å². The van der Waals surface area contributed by atoms with E-state index in [1.807, 2.05) is 31.2 Å². The average molecular weight is 330 g/mol. The summed E-state index contributed by atoms with van der Waals surface area (Å²) in [5.41, 5.74) is 1.95. The molecule has 1 aromatic carbocycles. The molecule has 0 radical (unpaired) electrons. The summed E-state index contributed by atoms with van der Waals surface area (Å²) in [5, 5.41) is 3.23. The zero-order valence-corrected chi connectivity index (χ0v) is 13.4. The Morgan fingerprint density at radius 2 is 2.00 bits per heavy atom. The minimum absolute atomic E-state index is 0.0435. The van der Waals surface area contributed by atoms with Crippen molar-refractivity contribution in [1.82, 2.24) is 4.98 Å². The summed E-state index contributed by atoms with van der Waals surface area (Å²) >= 11 is 5.77. The van der Waals surface area contributed by atoms with E-state index in [0.717, 1.165) is 11.3 Å². The number of rotatable bonds is 3. The number of carbonyl (C=O) groups excluding carboxylic acids is 2. The standard InChI is InChI=1S/C17H16ClN3O2/c1-11-2-5-14(6-3-11)21-10-12(8-16(21)22)17(23)20-15-7-4-13(18)9-19-15/h2-7,9,12H,8,10H2,1H3,(H,19,20,23). The highest BCUT2D eigenvalue weighted by atomic mass is 35.5. The Kier molecular flexibility index (Phi) is 4.30. The lowest BCUT2D eigenvalue weighted by Crippen LogP contribution is -2.28. The first kappa shape index (κ1) is 15.5. The molecule has 118 valence electrons. The fraction of sp³-hybridized carbons (Fsp3) is 0.235. The summed E-state index contributed by atoms with van der Waals surface area (Å²) in [4.78, 5) is 30.2. The summed E-state index contributed by atoms with van der Waals surface area (Å²) in [6, 6.07) is 11.0. The predicted molar refractivity (Wildman–Crippen MR) is 89.5 cm³/mol. The molecule has 1 aliphatic rings. The van der Waals surface area contributed by atoms with Gasteiger partial charge in [0.25, 0.3) is 0 Å². The Morgan fingerprint density at radius 3 is 2.65 bits per heavy atom. The number of pyridine rings is 1. The van der Waals surface area contributed by atoms with E-state index in [2.05, 4.69) is 10.3 Å². The number of nitrogens with zero attached hydrogens (tertiary/aromatic N) is 2. The molecule has 1 atom stereocenters. The van der Waals surface area contributed by atoms with Crippen molar-refractivity contribution in [2.45, 2.75) is 13.3 Å². The first-order valence-corrected chi connectivity index (χ1v) is 7.70. The van der Waals surface area contributed by atoms with Crippen LogP contribution in [0.2, 0.25) is 5.02 Å². The van der Waals surface area contributed by atoms with E-state index in [4.69, 9.17) is 11.6 Å². The third kappa shape index (κ3) is 3.51. The molecule has 5 nitrogen and oxygen atoms in total. The highest BCUT2D eigenvalue weighted by Crippen LogP contribution is 2.26. The van der Waals surface area contributed by atoms with Crippen molar-refractivity contribution in [3.05, 3.63) is 53.2 Å². The van der Waals surface area contributed by atoms with Gasteiger partial charge in [-0.3, -0.25) is 9.59 Å². The fourth-order valence-electron chi connectivity index (χ4n) is 2.54. The van der Waals surface area contributed by atoms with Crippen LogP contribution in [0.1, 0.15) is 12.0 Å². The van der Waals surface area contributed by atoms with Crippen LogP contribution in [-0.4, -0.2) is 23.3 Å². The lowest BCUT2D eigenvalue weighted by Gasteiger charge is -2.16. The van der Waals surface area contributed by atoms with E-state index in [1.54, 1.807) is 17.0 Å². The zero-order chi connectivity index (χ0) is 16.4. The second-order valence-electron chi connectivity index (χ2n) is 5.59. The quantitative estimate of drug-likeness (QED) is 0.941. The normalized spacial score (nSPS) is 17.4. The molecule has 1 aliphatic heterocycles. The van der Waals surface area contributed by atoms with Crippen LogP contribution >= 0.6 is 11.6 Å². The number of carbonyl (C=O) groups is 2. The van der Waals surface area contributed by atoms with Crippen LogP contribution < -0.4 is 10.2 Å². The van der Waals surface area contributed by atoms with E-state index in [-0.39, 0.29) is 24.2 Å². The number of hydrogen-bond donors (Lipinski definition) is 1. The highest BCUT2D eigenvalue weighted by molar-refractivity contribution is 6.30. The number of halogens is 1. The third-order valence-electron chi connectivity index (χ3n) is 3.82. The Morgan fingerprint density at radius 1 is 1.26 bits per heavy atom. The predicted octanol–water partition coefficient (Wildman–Crippen LogP) is 3.04. The maximum atomic E-state index is 12.3. The molecule has 6 heteroatoms. The number of nitrogens with one attached hydrogen (secondary N) is 1. The molecule has 2 aromatic rings. The molecule has 2 amide bonds. The minimum Gasteiger partial charge on any atom is -0.312 e. The van der Waals surface area contributed by atoms with Crippen molar-refractivity contribution >= 4 is 34.9 Å². The van der Waals surface area contributed by atoms with Gasteiger partial charge < -0.3 is 10.2 Å². The maximum absolute atomic E-state index is 12.3. The molecule has 2 heterocycles. The summed E-state index contributed by atoms with van der Waals surface area (Å²) in [7, 11) is 0. The first-order chi connectivity index (χ1) is 11.0. The van der Waals surface area contributed by atoms with Gasteiger partial charge in [0.2, 0.25) is 11.8 Å². The Hall–Kier alpha value is -2.40. The van der Waals surface area contributed by atoms with Gasteiger partial charge in [0.1, 0.15) is 5.82 Å². The van der Waals surface area contributed by atoms with E-state index < -0.39 is 0 Å². The second-order valence-corrected chi connectivity index (χ2v) is 6.03.